The van der Waals surface area contributed by atoms with Crippen LogP contribution in [0.5, 0.6) is 0 Å². The van der Waals surface area contributed by atoms with Crippen molar-refractivity contribution in [2.75, 3.05) is 12.3 Å². The van der Waals surface area contributed by atoms with Gasteiger partial charge in [0.1, 0.15) is 0 Å². The first-order chi connectivity index (χ1) is 9.04. The molecule has 1 aromatic heterocycles. The second kappa shape index (κ2) is 5.82. The van der Waals surface area contributed by atoms with Crippen LogP contribution in [0.25, 0.3) is 6.08 Å². The Bertz CT molecular complexity index is 519. The normalized spacial score (nSPS) is 17.5. The molecule has 0 bridgehead atoms. The molecule has 2 heterocycles. The van der Waals surface area contributed by atoms with E-state index >= 15 is 0 Å². The van der Waals surface area contributed by atoms with Gasteiger partial charge >= 0.3 is 0 Å². The Morgan fingerprint density at radius 2 is 2.21 bits per heavy atom. The molecule has 104 valence electrons. The van der Waals surface area contributed by atoms with E-state index in [2.05, 4.69) is 18.1 Å². The largest absolute Gasteiger partial charge is 0.306 e. The fourth-order valence-electron chi connectivity index (χ4n) is 2.27. The molecule has 0 unspecified atom stereocenters. The number of aromatic nitrogens is 2. The van der Waals surface area contributed by atoms with Gasteiger partial charge in [0, 0.05) is 37.0 Å². The van der Waals surface area contributed by atoms with Crippen molar-refractivity contribution in [3.05, 3.63) is 22.0 Å². The summed E-state index contributed by atoms with van der Waals surface area (Å²) in [4.78, 5) is 14.0. The summed E-state index contributed by atoms with van der Waals surface area (Å²) in [6.45, 7) is 6.94. The topological polar surface area (TPSA) is 38.1 Å². The average Bonchev–Trinajstić information content (AvgIpc) is 2.91. The van der Waals surface area contributed by atoms with Gasteiger partial charge in [-0.15, -0.1) is 11.8 Å². The molecule has 1 amide bonds. The highest BCUT2D eigenvalue weighted by Crippen LogP contribution is 2.31. The van der Waals surface area contributed by atoms with Crippen molar-refractivity contribution in [1.29, 1.82) is 0 Å². The SMILES string of the molecule is CCCC(=O)N1CCS/C1=C/c1c(C)nn(C)c1C. The Hall–Kier alpha value is -1.23. The molecule has 1 saturated heterocycles. The number of amides is 1. The maximum Gasteiger partial charge on any atom is 0.227 e. The molecule has 0 N–H and O–H groups in total. The molecule has 2 rings (SSSR count). The lowest BCUT2D eigenvalue weighted by Crippen LogP contribution is -2.26. The van der Waals surface area contributed by atoms with Crippen molar-refractivity contribution in [2.24, 2.45) is 7.05 Å². The molecule has 0 aromatic carbocycles. The predicted octanol–water partition coefficient (Wildman–Crippen LogP) is 2.71. The molecule has 0 spiro atoms. The third-order valence-corrected chi connectivity index (χ3v) is 4.45. The lowest BCUT2D eigenvalue weighted by molar-refractivity contribution is -0.128. The molecule has 4 nitrogen and oxygen atoms in total. The molecule has 1 fully saturated rings. The molecule has 0 saturated carbocycles. The van der Waals surface area contributed by atoms with Gasteiger partial charge in [-0.1, -0.05) is 6.92 Å². The lowest BCUT2D eigenvalue weighted by atomic mass is 10.2. The van der Waals surface area contributed by atoms with Gasteiger partial charge < -0.3 is 4.90 Å². The number of carbonyl (C=O) groups is 1. The minimum Gasteiger partial charge on any atom is -0.306 e. The van der Waals surface area contributed by atoms with E-state index in [0.717, 1.165) is 40.7 Å². The average molecular weight is 279 g/mol. The molecule has 5 heteroatoms. The molecule has 0 radical (unpaired) electrons. The van der Waals surface area contributed by atoms with Crippen LogP contribution in [0, 0.1) is 13.8 Å². The van der Waals surface area contributed by atoms with Gasteiger partial charge in [0.2, 0.25) is 5.91 Å². The van der Waals surface area contributed by atoms with Gasteiger partial charge in [0.05, 0.1) is 10.7 Å². The van der Waals surface area contributed by atoms with Crippen LogP contribution in [0.4, 0.5) is 0 Å². The molecule has 1 aliphatic rings. The van der Waals surface area contributed by atoms with Crippen molar-refractivity contribution in [3.8, 4) is 0 Å². The first-order valence-electron chi connectivity index (χ1n) is 6.69. The van der Waals surface area contributed by atoms with Crippen LogP contribution in [0.1, 0.15) is 36.7 Å². The molecule has 19 heavy (non-hydrogen) atoms. The second-order valence-corrected chi connectivity index (χ2v) is 5.95. The summed E-state index contributed by atoms with van der Waals surface area (Å²) in [7, 11) is 1.95. The van der Waals surface area contributed by atoms with Crippen molar-refractivity contribution < 1.29 is 4.79 Å². The van der Waals surface area contributed by atoms with Gasteiger partial charge in [-0.05, 0) is 26.3 Å². The van der Waals surface area contributed by atoms with Crippen LogP contribution in [0.15, 0.2) is 5.03 Å². The van der Waals surface area contributed by atoms with Crippen LogP contribution in [0.3, 0.4) is 0 Å². The van der Waals surface area contributed by atoms with Crippen LogP contribution in [-0.4, -0.2) is 32.9 Å². The number of aryl methyl sites for hydroxylation is 2. The number of hydrogen-bond acceptors (Lipinski definition) is 3. The Labute approximate surface area is 118 Å². The number of rotatable bonds is 3. The standard InChI is InChI=1S/C14H21N3OS/c1-5-6-13(18)17-7-8-19-14(17)9-12-10(2)15-16(4)11(12)3/h9H,5-8H2,1-4H3/b14-9+. The monoisotopic (exact) mass is 279 g/mol. The molecule has 0 aliphatic carbocycles. The van der Waals surface area contributed by atoms with Crippen molar-refractivity contribution in [1.82, 2.24) is 14.7 Å². The van der Waals surface area contributed by atoms with Gasteiger partial charge in [-0.25, -0.2) is 0 Å². The Morgan fingerprint density at radius 1 is 1.47 bits per heavy atom. The van der Waals surface area contributed by atoms with Crippen LogP contribution in [-0.2, 0) is 11.8 Å². The Balaban J connectivity index is 2.29. The van der Waals surface area contributed by atoms with E-state index in [1.165, 1.54) is 0 Å². The highest BCUT2D eigenvalue weighted by molar-refractivity contribution is 8.03. The first kappa shape index (κ1) is 14.2. The molecule has 1 aliphatic heterocycles. The summed E-state index contributed by atoms with van der Waals surface area (Å²) in [6, 6.07) is 0. The first-order valence-corrected chi connectivity index (χ1v) is 7.68. The van der Waals surface area contributed by atoms with Crippen molar-refractivity contribution in [2.45, 2.75) is 33.6 Å². The maximum atomic E-state index is 12.1. The van der Waals surface area contributed by atoms with Crippen LogP contribution in [0.2, 0.25) is 0 Å². The summed E-state index contributed by atoms with van der Waals surface area (Å²) in [6.07, 6.45) is 3.64. The number of thioether (sulfide) groups is 1. The van der Waals surface area contributed by atoms with Gasteiger partial charge in [0.25, 0.3) is 0 Å². The van der Waals surface area contributed by atoms with Crippen LogP contribution < -0.4 is 0 Å². The van der Waals surface area contributed by atoms with E-state index in [9.17, 15) is 4.79 Å². The highest BCUT2D eigenvalue weighted by Gasteiger charge is 2.24. The van der Waals surface area contributed by atoms with E-state index in [4.69, 9.17) is 0 Å². The van der Waals surface area contributed by atoms with E-state index < -0.39 is 0 Å². The highest BCUT2D eigenvalue weighted by atomic mass is 32.2. The van der Waals surface area contributed by atoms with E-state index in [-0.39, 0.29) is 5.91 Å². The molecule has 0 atom stereocenters. The summed E-state index contributed by atoms with van der Waals surface area (Å²) in [5.74, 6) is 1.22. The quantitative estimate of drug-likeness (QED) is 0.854. The van der Waals surface area contributed by atoms with Gasteiger partial charge in [-0.3, -0.25) is 9.48 Å². The lowest BCUT2D eigenvalue weighted by Gasteiger charge is -2.16. The van der Waals surface area contributed by atoms with E-state index in [0.29, 0.717) is 6.42 Å². The third kappa shape index (κ3) is 2.86. The minimum atomic E-state index is 0.234. The fraction of sp³-hybridized carbons (Fsp3) is 0.571. The molecular formula is C14H21N3OS. The molecular weight excluding hydrogens is 258 g/mol. The fourth-order valence-corrected chi connectivity index (χ4v) is 3.30. The van der Waals surface area contributed by atoms with Crippen molar-refractivity contribution >= 4 is 23.7 Å². The van der Waals surface area contributed by atoms with Gasteiger partial charge in [0.15, 0.2) is 0 Å². The summed E-state index contributed by atoms with van der Waals surface area (Å²) in [5, 5.41) is 5.49. The zero-order chi connectivity index (χ0) is 14.0. The number of carbonyl (C=O) groups excluding carboxylic acids is 1. The zero-order valence-electron chi connectivity index (χ0n) is 12.1. The third-order valence-electron chi connectivity index (χ3n) is 3.43. The Kier molecular flexibility index (Phi) is 4.34. The molecule has 1 aromatic rings. The number of hydrogen-bond donors (Lipinski definition) is 0. The predicted molar refractivity (Wildman–Crippen MR) is 79.7 cm³/mol. The smallest absolute Gasteiger partial charge is 0.227 e. The summed E-state index contributed by atoms with van der Waals surface area (Å²) >= 11 is 1.76. The van der Waals surface area contributed by atoms with E-state index in [1.54, 1.807) is 11.8 Å². The van der Waals surface area contributed by atoms with Gasteiger partial charge in [-0.2, -0.15) is 5.10 Å². The Morgan fingerprint density at radius 3 is 2.79 bits per heavy atom. The van der Waals surface area contributed by atoms with Crippen LogP contribution >= 0.6 is 11.8 Å². The minimum absolute atomic E-state index is 0.234. The second-order valence-electron chi connectivity index (χ2n) is 4.83. The van der Waals surface area contributed by atoms with Crippen molar-refractivity contribution in [3.63, 3.8) is 0 Å². The zero-order valence-corrected chi connectivity index (χ0v) is 12.9. The van der Waals surface area contributed by atoms with E-state index in [1.807, 2.05) is 30.5 Å². The summed E-state index contributed by atoms with van der Waals surface area (Å²) < 4.78 is 1.89. The summed E-state index contributed by atoms with van der Waals surface area (Å²) in [5.41, 5.74) is 3.30. The number of nitrogens with zero attached hydrogens (tertiary/aromatic N) is 3. The maximum absolute atomic E-state index is 12.1.